The van der Waals surface area contributed by atoms with E-state index in [-0.39, 0.29) is 5.88 Å². The van der Waals surface area contributed by atoms with Gasteiger partial charge in [-0.05, 0) is 0 Å². The number of rotatable bonds is 1. The van der Waals surface area contributed by atoms with Crippen molar-refractivity contribution in [3.05, 3.63) is 23.9 Å². The quantitative estimate of drug-likeness (QED) is 0.552. The van der Waals surface area contributed by atoms with Crippen LogP contribution in [0.5, 0.6) is 5.88 Å². The van der Waals surface area contributed by atoms with Gasteiger partial charge in [0.05, 0.1) is 13.2 Å². The van der Waals surface area contributed by atoms with Gasteiger partial charge in [-0.2, -0.15) is 9.37 Å². The zero-order valence-electron chi connectivity index (χ0n) is 5.19. The standard InChI is InChI=1S/C6H4F2NO/c1-10-6-3-4(7)2-5(8)9-6/h3H,1H3. The lowest BCUT2D eigenvalue weighted by Crippen LogP contribution is -1.91. The average Bonchev–Trinajstić information content (AvgIpc) is 1.85. The molecule has 0 aromatic carbocycles. The van der Waals surface area contributed by atoms with Gasteiger partial charge in [0.1, 0.15) is 5.82 Å². The maximum atomic E-state index is 12.2. The van der Waals surface area contributed by atoms with Crippen molar-refractivity contribution >= 4 is 0 Å². The van der Waals surface area contributed by atoms with Crippen molar-refractivity contribution in [2.75, 3.05) is 7.11 Å². The molecule has 0 atom stereocenters. The van der Waals surface area contributed by atoms with Crippen molar-refractivity contribution in [3.8, 4) is 5.88 Å². The summed E-state index contributed by atoms with van der Waals surface area (Å²) in [5, 5.41) is 0. The summed E-state index contributed by atoms with van der Waals surface area (Å²) < 4.78 is 28.8. The van der Waals surface area contributed by atoms with Gasteiger partial charge in [0.2, 0.25) is 11.8 Å². The van der Waals surface area contributed by atoms with Crippen LogP contribution in [0, 0.1) is 17.8 Å². The number of nitrogens with zero attached hydrogens (tertiary/aromatic N) is 1. The van der Waals surface area contributed by atoms with E-state index in [0.717, 1.165) is 6.07 Å². The average molecular weight is 144 g/mol. The molecule has 1 aromatic heterocycles. The minimum atomic E-state index is -1.00. The minimum Gasteiger partial charge on any atom is -0.481 e. The Labute approximate surface area is 56.5 Å². The molecule has 0 aliphatic rings. The summed E-state index contributed by atoms with van der Waals surface area (Å²) in [7, 11) is 1.28. The highest BCUT2D eigenvalue weighted by molar-refractivity contribution is 5.10. The maximum Gasteiger partial charge on any atom is 0.227 e. The molecule has 2 nitrogen and oxygen atoms in total. The first-order chi connectivity index (χ1) is 4.72. The summed E-state index contributed by atoms with van der Waals surface area (Å²) >= 11 is 0. The molecule has 0 bridgehead atoms. The smallest absolute Gasteiger partial charge is 0.227 e. The topological polar surface area (TPSA) is 22.1 Å². The van der Waals surface area contributed by atoms with E-state index in [1.807, 2.05) is 0 Å². The summed E-state index contributed by atoms with van der Waals surface area (Å²) in [4.78, 5) is 3.17. The van der Waals surface area contributed by atoms with Crippen LogP contribution in [0.1, 0.15) is 0 Å². The summed E-state index contributed by atoms with van der Waals surface area (Å²) in [6, 6.07) is 2.67. The molecule has 0 N–H and O–H groups in total. The Kier molecular flexibility index (Phi) is 1.80. The molecule has 4 heteroatoms. The predicted octanol–water partition coefficient (Wildman–Crippen LogP) is 1.17. The first-order valence-corrected chi connectivity index (χ1v) is 2.51. The molecule has 1 heterocycles. The highest BCUT2D eigenvalue weighted by Gasteiger charge is 2.00. The Hall–Kier alpha value is -1.19. The highest BCUT2D eigenvalue weighted by Crippen LogP contribution is 2.08. The first kappa shape index (κ1) is 6.92. The number of aromatic nitrogens is 1. The van der Waals surface area contributed by atoms with Gasteiger partial charge in [0.15, 0.2) is 0 Å². The van der Waals surface area contributed by atoms with Gasteiger partial charge in [0.25, 0.3) is 0 Å². The van der Waals surface area contributed by atoms with Gasteiger partial charge in [0, 0.05) is 6.07 Å². The van der Waals surface area contributed by atoms with Crippen molar-refractivity contribution in [1.82, 2.24) is 4.98 Å². The minimum absolute atomic E-state index is 0.0891. The van der Waals surface area contributed by atoms with Crippen LogP contribution in [0.4, 0.5) is 8.78 Å². The van der Waals surface area contributed by atoms with Crippen LogP contribution in [0.3, 0.4) is 0 Å². The third-order valence-corrected chi connectivity index (χ3v) is 0.890. The van der Waals surface area contributed by atoms with E-state index >= 15 is 0 Å². The molecular formula is C6H4F2NO. The van der Waals surface area contributed by atoms with Gasteiger partial charge in [-0.3, -0.25) is 0 Å². The largest absolute Gasteiger partial charge is 0.481 e. The molecule has 0 saturated heterocycles. The van der Waals surface area contributed by atoms with E-state index in [1.165, 1.54) is 7.11 Å². The number of halogens is 2. The Morgan fingerprint density at radius 2 is 2.30 bits per heavy atom. The summed E-state index contributed by atoms with van der Waals surface area (Å²) in [6.07, 6.45) is 0. The van der Waals surface area contributed by atoms with Gasteiger partial charge in [-0.25, -0.2) is 4.39 Å². The lowest BCUT2D eigenvalue weighted by molar-refractivity contribution is 0.381. The molecule has 1 rings (SSSR count). The normalized spacial score (nSPS) is 9.50. The second-order valence-corrected chi connectivity index (χ2v) is 1.56. The molecule has 0 fully saturated rings. The van der Waals surface area contributed by atoms with Crippen molar-refractivity contribution < 1.29 is 13.5 Å². The Morgan fingerprint density at radius 1 is 1.60 bits per heavy atom. The van der Waals surface area contributed by atoms with Crippen LogP contribution in [0.25, 0.3) is 0 Å². The van der Waals surface area contributed by atoms with E-state index in [0.29, 0.717) is 0 Å². The second-order valence-electron chi connectivity index (χ2n) is 1.56. The van der Waals surface area contributed by atoms with Crippen molar-refractivity contribution in [1.29, 1.82) is 0 Å². The van der Waals surface area contributed by atoms with E-state index in [4.69, 9.17) is 0 Å². The predicted molar refractivity (Wildman–Crippen MR) is 29.5 cm³/mol. The molecule has 0 aliphatic heterocycles. The molecule has 1 radical (unpaired) electrons. The Bertz CT molecular complexity index is 219. The van der Waals surface area contributed by atoms with Crippen LogP contribution in [-0.2, 0) is 0 Å². The maximum absolute atomic E-state index is 12.2. The van der Waals surface area contributed by atoms with Crippen LogP contribution < -0.4 is 4.74 Å². The molecule has 1 aromatic rings. The lowest BCUT2D eigenvalue weighted by Gasteiger charge is -1.96. The molecule has 0 aliphatic carbocycles. The highest BCUT2D eigenvalue weighted by atomic mass is 19.1. The van der Waals surface area contributed by atoms with Gasteiger partial charge in [-0.1, -0.05) is 0 Å². The van der Waals surface area contributed by atoms with Crippen molar-refractivity contribution in [2.24, 2.45) is 0 Å². The fraction of sp³-hybridized carbons (Fsp3) is 0.167. The monoisotopic (exact) mass is 144 g/mol. The van der Waals surface area contributed by atoms with Crippen molar-refractivity contribution in [2.45, 2.75) is 0 Å². The van der Waals surface area contributed by atoms with Crippen LogP contribution in [-0.4, -0.2) is 12.1 Å². The van der Waals surface area contributed by atoms with Gasteiger partial charge >= 0.3 is 0 Å². The Balaban J connectivity index is 3.06. The van der Waals surface area contributed by atoms with Crippen molar-refractivity contribution in [3.63, 3.8) is 0 Å². The van der Waals surface area contributed by atoms with E-state index in [1.54, 1.807) is 6.07 Å². The molecule has 0 spiro atoms. The second kappa shape index (κ2) is 2.60. The molecule has 53 valence electrons. The summed E-state index contributed by atoms with van der Waals surface area (Å²) in [5.74, 6) is -1.91. The molecule has 0 amide bonds. The summed E-state index contributed by atoms with van der Waals surface area (Å²) in [5.41, 5.74) is 0. The van der Waals surface area contributed by atoms with Gasteiger partial charge < -0.3 is 4.74 Å². The lowest BCUT2D eigenvalue weighted by atomic mass is 10.4. The fourth-order valence-corrected chi connectivity index (χ4v) is 0.505. The molecular weight excluding hydrogens is 140 g/mol. The van der Waals surface area contributed by atoms with E-state index in [9.17, 15) is 8.78 Å². The molecule has 0 unspecified atom stereocenters. The summed E-state index contributed by atoms with van der Waals surface area (Å²) in [6.45, 7) is 0. The van der Waals surface area contributed by atoms with Crippen LogP contribution in [0.15, 0.2) is 6.07 Å². The number of hydrogen-bond acceptors (Lipinski definition) is 2. The number of methoxy groups -OCH3 is 1. The van der Waals surface area contributed by atoms with Crippen LogP contribution >= 0.6 is 0 Å². The van der Waals surface area contributed by atoms with Gasteiger partial charge in [-0.15, -0.1) is 0 Å². The third kappa shape index (κ3) is 1.40. The van der Waals surface area contributed by atoms with E-state index < -0.39 is 11.8 Å². The SMILES string of the molecule is COc1cc(F)[c]c(F)n1. The zero-order valence-corrected chi connectivity index (χ0v) is 5.19. The third-order valence-electron chi connectivity index (χ3n) is 0.890. The number of hydrogen-bond donors (Lipinski definition) is 0. The fourth-order valence-electron chi connectivity index (χ4n) is 0.505. The zero-order chi connectivity index (χ0) is 7.56. The Morgan fingerprint density at radius 3 is 2.80 bits per heavy atom. The number of ether oxygens (including phenoxy) is 1. The van der Waals surface area contributed by atoms with E-state index in [2.05, 4.69) is 9.72 Å². The molecule has 10 heavy (non-hydrogen) atoms. The van der Waals surface area contributed by atoms with Crippen LogP contribution in [0.2, 0.25) is 0 Å². The number of pyridine rings is 1. The molecule has 0 saturated carbocycles. The first-order valence-electron chi connectivity index (χ1n) is 2.51.